The van der Waals surface area contributed by atoms with Crippen molar-refractivity contribution >= 4 is 23.2 Å². The first-order valence-corrected chi connectivity index (χ1v) is 10.6. The van der Waals surface area contributed by atoms with Gasteiger partial charge in [-0.15, -0.1) is 5.10 Å². The molecule has 0 aromatic carbocycles. The molecule has 1 aliphatic heterocycles. The predicted octanol–water partition coefficient (Wildman–Crippen LogP) is 0.892. The van der Waals surface area contributed by atoms with Crippen molar-refractivity contribution in [3.05, 3.63) is 41.1 Å². The summed E-state index contributed by atoms with van der Waals surface area (Å²) in [5, 5.41) is 7.81. The number of amides is 1. The Kier molecular flexibility index (Phi) is 5.99. The van der Waals surface area contributed by atoms with Crippen LogP contribution in [0.3, 0.4) is 0 Å². The van der Waals surface area contributed by atoms with E-state index in [1.165, 1.54) is 0 Å². The second kappa shape index (κ2) is 8.84. The lowest BCUT2D eigenvalue weighted by Crippen LogP contribution is -2.44. The number of carbonyl (C=O) groups excluding carboxylic acids is 1. The minimum atomic E-state index is -0.256. The molecule has 4 heterocycles. The summed E-state index contributed by atoms with van der Waals surface area (Å²) in [4.78, 5) is 29.8. The number of imidazole rings is 1. The van der Waals surface area contributed by atoms with E-state index in [1.807, 2.05) is 13.1 Å². The van der Waals surface area contributed by atoms with E-state index in [9.17, 15) is 4.79 Å². The van der Waals surface area contributed by atoms with Crippen LogP contribution in [0.1, 0.15) is 40.8 Å². The van der Waals surface area contributed by atoms with Crippen LogP contribution in [0.25, 0.3) is 5.65 Å². The van der Waals surface area contributed by atoms with E-state index in [0.29, 0.717) is 18.6 Å². The van der Waals surface area contributed by atoms with Crippen molar-refractivity contribution in [2.24, 2.45) is 0 Å². The number of anilines is 2. The van der Waals surface area contributed by atoms with E-state index in [1.54, 1.807) is 22.7 Å². The molecule has 0 saturated carbocycles. The minimum Gasteiger partial charge on any atom is -0.380 e. The van der Waals surface area contributed by atoms with E-state index in [4.69, 9.17) is 10.7 Å². The molecule has 1 saturated heterocycles. The fourth-order valence-corrected chi connectivity index (χ4v) is 3.91. The zero-order chi connectivity index (χ0) is 22.0. The number of aryl methyl sites for hydroxylation is 1. The van der Waals surface area contributed by atoms with Gasteiger partial charge < -0.3 is 20.9 Å². The van der Waals surface area contributed by atoms with Crippen molar-refractivity contribution in [2.75, 3.05) is 50.4 Å². The number of hydrogen-bond acceptors (Lipinski definition) is 8. The molecule has 4 rings (SSSR count). The lowest BCUT2D eigenvalue weighted by atomic mass is 10.1. The highest BCUT2D eigenvalue weighted by atomic mass is 16.2. The second-order valence-electron chi connectivity index (χ2n) is 7.93. The smallest absolute Gasteiger partial charge is 0.293 e. The third kappa shape index (κ3) is 4.29. The van der Waals surface area contributed by atoms with Gasteiger partial charge in [0.15, 0.2) is 11.5 Å². The highest BCUT2D eigenvalue weighted by Gasteiger charge is 2.20. The van der Waals surface area contributed by atoms with Crippen LogP contribution in [-0.4, -0.2) is 75.1 Å². The lowest BCUT2D eigenvalue weighted by molar-refractivity contribution is 0.0781. The number of piperazine rings is 1. The van der Waals surface area contributed by atoms with E-state index < -0.39 is 0 Å². The van der Waals surface area contributed by atoms with Crippen molar-refractivity contribution in [1.29, 1.82) is 0 Å². The van der Waals surface area contributed by atoms with Gasteiger partial charge in [0.05, 0.1) is 11.9 Å². The largest absolute Gasteiger partial charge is 0.380 e. The molecule has 1 aliphatic rings. The molecule has 10 nitrogen and oxygen atoms in total. The van der Waals surface area contributed by atoms with Gasteiger partial charge in [0, 0.05) is 52.4 Å². The SMILES string of the molecule is CCCN(C)C(=O)c1nc(N)c2ncc(Cc3cnc(N4CCNCC4)c(C)c3)n2n1. The molecule has 1 fully saturated rings. The molecule has 1 amide bonds. The van der Waals surface area contributed by atoms with E-state index in [-0.39, 0.29) is 17.5 Å². The number of pyridine rings is 1. The van der Waals surface area contributed by atoms with E-state index >= 15 is 0 Å². The van der Waals surface area contributed by atoms with Crippen LogP contribution in [0.5, 0.6) is 0 Å². The molecular formula is C21H29N9O. The van der Waals surface area contributed by atoms with Crippen molar-refractivity contribution in [3.8, 4) is 0 Å². The second-order valence-corrected chi connectivity index (χ2v) is 7.93. The van der Waals surface area contributed by atoms with Gasteiger partial charge in [-0.1, -0.05) is 13.0 Å². The Labute approximate surface area is 181 Å². The molecule has 0 spiro atoms. The monoisotopic (exact) mass is 423 g/mol. The summed E-state index contributed by atoms with van der Waals surface area (Å²) in [6, 6.07) is 2.15. The molecule has 164 valence electrons. The molecule has 0 radical (unpaired) electrons. The maximum absolute atomic E-state index is 12.6. The normalized spacial score (nSPS) is 14.2. The lowest BCUT2D eigenvalue weighted by Gasteiger charge is -2.29. The van der Waals surface area contributed by atoms with Gasteiger partial charge in [0.25, 0.3) is 5.91 Å². The van der Waals surface area contributed by atoms with Crippen LogP contribution in [0, 0.1) is 6.92 Å². The van der Waals surface area contributed by atoms with Gasteiger partial charge in [-0.2, -0.15) is 0 Å². The summed E-state index contributed by atoms with van der Waals surface area (Å²) < 4.78 is 1.62. The van der Waals surface area contributed by atoms with Crippen LogP contribution in [0.2, 0.25) is 0 Å². The maximum atomic E-state index is 12.6. The summed E-state index contributed by atoms with van der Waals surface area (Å²) in [5.41, 5.74) is 9.54. The number of fused-ring (bicyclic) bond motifs is 1. The Morgan fingerprint density at radius 3 is 2.74 bits per heavy atom. The van der Waals surface area contributed by atoms with Gasteiger partial charge in [-0.25, -0.2) is 19.5 Å². The van der Waals surface area contributed by atoms with Gasteiger partial charge in [-0.05, 0) is 24.5 Å². The van der Waals surface area contributed by atoms with Crippen LogP contribution in [0.15, 0.2) is 18.5 Å². The quantitative estimate of drug-likeness (QED) is 0.600. The first-order chi connectivity index (χ1) is 15.0. The van der Waals surface area contributed by atoms with E-state index in [0.717, 1.165) is 55.2 Å². The summed E-state index contributed by atoms with van der Waals surface area (Å²) >= 11 is 0. The summed E-state index contributed by atoms with van der Waals surface area (Å²) in [5.74, 6) is 1.04. The molecule has 0 unspecified atom stereocenters. The molecule has 31 heavy (non-hydrogen) atoms. The van der Waals surface area contributed by atoms with Crippen LogP contribution in [-0.2, 0) is 6.42 Å². The zero-order valence-corrected chi connectivity index (χ0v) is 18.3. The third-order valence-corrected chi connectivity index (χ3v) is 5.46. The van der Waals surface area contributed by atoms with Crippen molar-refractivity contribution in [1.82, 2.24) is 34.8 Å². The average molecular weight is 424 g/mol. The molecule has 0 atom stereocenters. The van der Waals surface area contributed by atoms with Crippen LogP contribution < -0.4 is 16.0 Å². The fourth-order valence-electron chi connectivity index (χ4n) is 3.91. The molecule has 0 bridgehead atoms. The first kappa shape index (κ1) is 21.0. The Morgan fingerprint density at radius 2 is 2.03 bits per heavy atom. The van der Waals surface area contributed by atoms with Gasteiger partial charge in [0.1, 0.15) is 5.82 Å². The fraction of sp³-hybridized carbons (Fsp3) is 0.476. The molecule has 3 aromatic heterocycles. The summed E-state index contributed by atoms with van der Waals surface area (Å²) in [6.07, 6.45) is 5.05. The van der Waals surface area contributed by atoms with Crippen LogP contribution in [0.4, 0.5) is 11.6 Å². The van der Waals surface area contributed by atoms with Gasteiger partial charge >= 0.3 is 0 Å². The Morgan fingerprint density at radius 1 is 1.26 bits per heavy atom. The van der Waals surface area contributed by atoms with E-state index in [2.05, 4.69) is 38.3 Å². The summed E-state index contributed by atoms with van der Waals surface area (Å²) in [6.45, 7) is 8.59. The van der Waals surface area contributed by atoms with Crippen LogP contribution >= 0.6 is 0 Å². The number of nitrogens with zero attached hydrogens (tertiary/aromatic N) is 7. The number of hydrogen-bond donors (Lipinski definition) is 2. The first-order valence-electron chi connectivity index (χ1n) is 10.6. The number of nitrogen functional groups attached to an aromatic ring is 1. The highest BCUT2D eigenvalue weighted by Crippen LogP contribution is 2.21. The number of carbonyl (C=O) groups is 1. The molecule has 0 aliphatic carbocycles. The number of rotatable bonds is 6. The number of aromatic nitrogens is 5. The molecule has 10 heteroatoms. The van der Waals surface area contributed by atoms with Gasteiger partial charge in [0.2, 0.25) is 5.82 Å². The highest BCUT2D eigenvalue weighted by molar-refractivity contribution is 5.90. The Hall–Kier alpha value is -3.27. The molecular weight excluding hydrogens is 394 g/mol. The molecule has 3 N–H and O–H groups in total. The van der Waals surface area contributed by atoms with Crippen molar-refractivity contribution in [2.45, 2.75) is 26.7 Å². The summed E-state index contributed by atoms with van der Waals surface area (Å²) in [7, 11) is 1.73. The Balaban J connectivity index is 1.61. The Bertz CT molecular complexity index is 1090. The zero-order valence-electron chi connectivity index (χ0n) is 18.3. The average Bonchev–Trinajstić information content (AvgIpc) is 3.17. The molecule has 3 aromatic rings. The number of nitrogens with two attached hydrogens (primary N) is 1. The number of nitrogens with one attached hydrogen (secondary N) is 1. The standard InChI is InChI=1S/C21H29N9O/c1-4-7-28(3)21(31)18-26-17(22)20-25-13-16(30(20)27-18)11-15-10-14(2)19(24-12-15)29-8-5-23-6-9-29/h10,12-13,23H,4-9,11H2,1-3H3,(H2,22,26,27). The van der Waals surface area contributed by atoms with Crippen molar-refractivity contribution in [3.63, 3.8) is 0 Å². The maximum Gasteiger partial charge on any atom is 0.293 e. The minimum absolute atomic E-state index is 0.0727. The third-order valence-electron chi connectivity index (χ3n) is 5.46. The van der Waals surface area contributed by atoms with Gasteiger partial charge in [-0.3, -0.25) is 4.79 Å². The predicted molar refractivity (Wildman–Crippen MR) is 119 cm³/mol. The topological polar surface area (TPSA) is 118 Å². The van der Waals surface area contributed by atoms with Crippen molar-refractivity contribution < 1.29 is 4.79 Å².